The first kappa shape index (κ1) is 11.4. The Bertz CT molecular complexity index is 529. The molecule has 2 aromatic rings. The molecule has 88 valence electrons. The molecule has 0 spiro atoms. The molecule has 17 heavy (non-hydrogen) atoms. The van der Waals surface area contributed by atoms with Crippen LogP contribution in [0.1, 0.15) is 11.1 Å². The van der Waals surface area contributed by atoms with Crippen LogP contribution in [0.5, 0.6) is 5.75 Å². The zero-order valence-corrected chi connectivity index (χ0v) is 9.48. The van der Waals surface area contributed by atoms with Crippen LogP contribution in [0.3, 0.4) is 0 Å². The van der Waals surface area contributed by atoms with Gasteiger partial charge in [0.2, 0.25) is 0 Å². The molecule has 0 radical (unpaired) electrons. The van der Waals surface area contributed by atoms with Gasteiger partial charge >= 0.3 is 0 Å². The number of ether oxygens (including phenoxy) is 1. The minimum atomic E-state index is -0.284. The van der Waals surface area contributed by atoms with Gasteiger partial charge in [-0.2, -0.15) is 0 Å². The van der Waals surface area contributed by atoms with Crippen molar-refractivity contribution in [2.75, 3.05) is 12.8 Å². The molecule has 1 aromatic heterocycles. The highest BCUT2D eigenvalue weighted by Gasteiger charge is 2.07. The predicted molar refractivity (Wildman–Crippen MR) is 64.4 cm³/mol. The molecule has 0 aliphatic heterocycles. The lowest BCUT2D eigenvalue weighted by Crippen LogP contribution is -1.99. The van der Waals surface area contributed by atoms with E-state index in [1.54, 1.807) is 25.6 Å². The molecule has 3 nitrogen and oxygen atoms in total. The highest BCUT2D eigenvalue weighted by molar-refractivity contribution is 5.48. The van der Waals surface area contributed by atoms with Crippen molar-refractivity contribution in [2.24, 2.45) is 0 Å². The fourth-order valence-corrected chi connectivity index (χ4v) is 1.69. The second kappa shape index (κ2) is 4.82. The maximum atomic E-state index is 13.2. The molecule has 0 unspecified atom stereocenters. The smallest absolute Gasteiger partial charge is 0.123 e. The third kappa shape index (κ3) is 2.53. The number of aromatic nitrogens is 1. The van der Waals surface area contributed by atoms with E-state index in [-0.39, 0.29) is 5.82 Å². The van der Waals surface area contributed by atoms with E-state index in [4.69, 9.17) is 10.5 Å². The quantitative estimate of drug-likeness (QED) is 0.884. The monoisotopic (exact) mass is 232 g/mol. The Morgan fingerprint density at radius 3 is 2.82 bits per heavy atom. The molecule has 0 aliphatic rings. The summed E-state index contributed by atoms with van der Waals surface area (Å²) < 4.78 is 18.4. The lowest BCUT2D eigenvalue weighted by atomic mass is 10.0. The van der Waals surface area contributed by atoms with Gasteiger partial charge in [-0.3, -0.25) is 4.98 Å². The van der Waals surface area contributed by atoms with Crippen LogP contribution in [0.2, 0.25) is 0 Å². The number of nitrogen functional groups attached to an aromatic ring is 1. The number of pyridine rings is 1. The maximum Gasteiger partial charge on any atom is 0.123 e. The molecular formula is C13H13FN2O. The molecule has 4 heteroatoms. The van der Waals surface area contributed by atoms with Gasteiger partial charge in [0.15, 0.2) is 0 Å². The van der Waals surface area contributed by atoms with Crippen molar-refractivity contribution < 1.29 is 9.13 Å². The van der Waals surface area contributed by atoms with Crippen LogP contribution in [0.15, 0.2) is 36.7 Å². The lowest BCUT2D eigenvalue weighted by molar-refractivity contribution is 0.409. The van der Waals surface area contributed by atoms with Crippen molar-refractivity contribution in [1.82, 2.24) is 4.98 Å². The van der Waals surface area contributed by atoms with Crippen LogP contribution in [0, 0.1) is 5.82 Å². The molecule has 1 heterocycles. The van der Waals surface area contributed by atoms with E-state index in [0.717, 1.165) is 11.1 Å². The molecule has 0 fully saturated rings. The van der Waals surface area contributed by atoms with Gasteiger partial charge in [-0.05, 0) is 29.8 Å². The van der Waals surface area contributed by atoms with Gasteiger partial charge in [-0.25, -0.2) is 4.39 Å². The first-order valence-electron chi connectivity index (χ1n) is 5.21. The summed E-state index contributed by atoms with van der Waals surface area (Å²) in [5, 5.41) is 0. The summed E-state index contributed by atoms with van der Waals surface area (Å²) in [5.41, 5.74) is 8.07. The number of halogens is 1. The fraction of sp³-hybridized carbons (Fsp3) is 0.154. The topological polar surface area (TPSA) is 48.1 Å². The van der Waals surface area contributed by atoms with E-state index in [0.29, 0.717) is 17.9 Å². The molecule has 0 atom stereocenters. The largest absolute Gasteiger partial charge is 0.496 e. The average Bonchev–Trinajstić information content (AvgIpc) is 2.32. The van der Waals surface area contributed by atoms with Crippen LogP contribution in [0.25, 0.3) is 0 Å². The normalized spacial score (nSPS) is 10.2. The van der Waals surface area contributed by atoms with E-state index < -0.39 is 0 Å². The van der Waals surface area contributed by atoms with E-state index in [2.05, 4.69) is 4.98 Å². The Hall–Kier alpha value is -2.10. The molecule has 2 N–H and O–H groups in total. The molecule has 0 amide bonds. The van der Waals surface area contributed by atoms with Gasteiger partial charge < -0.3 is 10.5 Å². The highest BCUT2D eigenvalue weighted by Crippen LogP contribution is 2.24. The summed E-state index contributed by atoms with van der Waals surface area (Å²) in [7, 11) is 1.56. The number of rotatable bonds is 3. The van der Waals surface area contributed by atoms with Crippen molar-refractivity contribution in [3.63, 3.8) is 0 Å². The Morgan fingerprint density at radius 1 is 1.29 bits per heavy atom. The second-order valence-corrected chi connectivity index (χ2v) is 3.71. The molecule has 0 saturated carbocycles. The van der Waals surface area contributed by atoms with Crippen molar-refractivity contribution in [3.05, 3.63) is 53.6 Å². The predicted octanol–water partition coefficient (Wildman–Crippen LogP) is 2.40. The zero-order valence-electron chi connectivity index (χ0n) is 9.48. The summed E-state index contributed by atoms with van der Waals surface area (Å²) >= 11 is 0. The van der Waals surface area contributed by atoms with E-state index in [9.17, 15) is 4.39 Å². The number of hydrogen-bond acceptors (Lipinski definition) is 3. The number of methoxy groups -OCH3 is 1. The van der Waals surface area contributed by atoms with Crippen LogP contribution < -0.4 is 10.5 Å². The average molecular weight is 232 g/mol. The number of nitrogens with zero attached hydrogens (tertiary/aromatic N) is 1. The summed E-state index contributed by atoms with van der Waals surface area (Å²) in [5.74, 6) is 0.371. The van der Waals surface area contributed by atoms with Crippen LogP contribution >= 0.6 is 0 Å². The summed E-state index contributed by atoms with van der Waals surface area (Å²) in [6.07, 6.45) is 3.77. The molecule has 0 saturated heterocycles. The number of anilines is 1. The van der Waals surface area contributed by atoms with Gasteiger partial charge in [-0.1, -0.05) is 0 Å². The summed E-state index contributed by atoms with van der Waals surface area (Å²) in [6, 6.07) is 6.26. The van der Waals surface area contributed by atoms with Crippen LogP contribution in [-0.4, -0.2) is 12.1 Å². The minimum absolute atomic E-state index is 0.284. The van der Waals surface area contributed by atoms with E-state index in [1.807, 2.05) is 6.07 Å². The first-order valence-corrected chi connectivity index (χ1v) is 5.21. The van der Waals surface area contributed by atoms with E-state index in [1.165, 1.54) is 12.1 Å². The second-order valence-electron chi connectivity index (χ2n) is 3.71. The molecule has 1 aromatic carbocycles. The molecule has 0 bridgehead atoms. The van der Waals surface area contributed by atoms with Crippen molar-refractivity contribution >= 4 is 5.69 Å². The Kier molecular flexibility index (Phi) is 3.23. The van der Waals surface area contributed by atoms with Gasteiger partial charge in [-0.15, -0.1) is 0 Å². The highest BCUT2D eigenvalue weighted by atomic mass is 19.1. The molecule has 2 rings (SSSR count). The first-order chi connectivity index (χ1) is 8.20. The fourth-order valence-electron chi connectivity index (χ4n) is 1.69. The van der Waals surface area contributed by atoms with Crippen LogP contribution in [-0.2, 0) is 6.42 Å². The Balaban J connectivity index is 2.35. The van der Waals surface area contributed by atoms with Gasteiger partial charge in [0, 0.05) is 18.2 Å². The Morgan fingerprint density at radius 2 is 2.12 bits per heavy atom. The summed E-state index contributed by atoms with van der Waals surface area (Å²) in [6.45, 7) is 0. The standard InChI is InChI=1S/C13H13FN2O/c1-17-13-3-2-11(14)7-10(13)6-9-4-5-16-8-12(9)15/h2-5,7-8H,6,15H2,1H3. The van der Waals surface area contributed by atoms with Gasteiger partial charge in [0.05, 0.1) is 19.0 Å². The van der Waals surface area contributed by atoms with Gasteiger partial charge in [0.1, 0.15) is 11.6 Å². The van der Waals surface area contributed by atoms with Crippen molar-refractivity contribution in [2.45, 2.75) is 6.42 Å². The minimum Gasteiger partial charge on any atom is -0.496 e. The Labute approximate surface area is 99.1 Å². The number of hydrogen-bond donors (Lipinski definition) is 1. The van der Waals surface area contributed by atoms with Crippen LogP contribution in [0.4, 0.5) is 10.1 Å². The lowest BCUT2D eigenvalue weighted by Gasteiger charge is -2.09. The molecule has 0 aliphatic carbocycles. The third-order valence-corrected chi connectivity index (χ3v) is 2.57. The maximum absolute atomic E-state index is 13.2. The number of benzene rings is 1. The molecular weight excluding hydrogens is 219 g/mol. The van der Waals surface area contributed by atoms with Crippen molar-refractivity contribution in [3.8, 4) is 5.75 Å². The third-order valence-electron chi connectivity index (χ3n) is 2.57. The van der Waals surface area contributed by atoms with Gasteiger partial charge in [0.25, 0.3) is 0 Å². The van der Waals surface area contributed by atoms with E-state index >= 15 is 0 Å². The SMILES string of the molecule is COc1ccc(F)cc1Cc1ccncc1N. The van der Waals surface area contributed by atoms with Crippen molar-refractivity contribution in [1.29, 1.82) is 0 Å². The zero-order chi connectivity index (χ0) is 12.3. The summed E-state index contributed by atoms with van der Waals surface area (Å²) in [4.78, 5) is 3.92. The number of nitrogens with two attached hydrogens (primary N) is 1.